The second-order valence-electron chi connectivity index (χ2n) is 7.51. The van der Waals surface area contributed by atoms with Gasteiger partial charge in [-0.15, -0.1) is 10.2 Å². The molecule has 5 nitrogen and oxygen atoms in total. The van der Waals surface area contributed by atoms with Gasteiger partial charge in [-0.25, -0.2) is 0 Å². The fourth-order valence-corrected chi connectivity index (χ4v) is 4.36. The van der Waals surface area contributed by atoms with E-state index in [0.29, 0.717) is 12.6 Å². The smallest absolute Gasteiger partial charge is 0.223 e. The molecule has 2 aromatic rings. The Bertz CT molecular complexity index is 913. The number of hydrogen-bond acceptors (Lipinski definition) is 3. The summed E-state index contributed by atoms with van der Waals surface area (Å²) in [5, 5.41) is 12.3. The van der Waals surface area contributed by atoms with E-state index in [9.17, 15) is 4.79 Å². The molecule has 1 aromatic carbocycles. The lowest BCUT2D eigenvalue weighted by molar-refractivity contribution is -0.124. The zero-order chi connectivity index (χ0) is 19.5. The van der Waals surface area contributed by atoms with Crippen LogP contribution < -0.4 is 5.32 Å². The van der Waals surface area contributed by atoms with Crippen LogP contribution in [-0.4, -0.2) is 27.2 Å². The largest absolute Gasteiger partial charge is 0.356 e. The Morgan fingerprint density at radius 3 is 2.64 bits per heavy atom. The van der Waals surface area contributed by atoms with Crippen LogP contribution in [0, 0.1) is 5.92 Å². The number of benzene rings is 1. The Kier molecular flexibility index (Phi) is 5.62. The van der Waals surface area contributed by atoms with Gasteiger partial charge in [-0.1, -0.05) is 35.9 Å². The van der Waals surface area contributed by atoms with Crippen LogP contribution in [-0.2, 0) is 4.79 Å². The zero-order valence-electron chi connectivity index (χ0n) is 16.1. The van der Waals surface area contributed by atoms with E-state index >= 15 is 0 Å². The molecule has 0 bridgehead atoms. The van der Waals surface area contributed by atoms with E-state index in [1.54, 1.807) is 0 Å². The SMILES string of the molecule is CCNC(=O)C1CCC(n2cnnc2C2=CC=C(c3ccc(Cl)cc3)CC2)C1. The first-order chi connectivity index (χ1) is 13.7. The minimum atomic E-state index is 0.0944. The minimum absolute atomic E-state index is 0.0944. The summed E-state index contributed by atoms with van der Waals surface area (Å²) in [4.78, 5) is 12.2. The first kappa shape index (κ1) is 18.9. The molecule has 6 heteroatoms. The van der Waals surface area contributed by atoms with E-state index < -0.39 is 0 Å². The monoisotopic (exact) mass is 396 g/mol. The minimum Gasteiger partial charge on any atom is -0.356 e. The van der Waals surface area contributed by atoms with Crippen LogP contribution in [0.3, 0.4) is 0 Å². The molecule has 4 rings (SSSR count). The third kappa shape index (κ3) is 3.90. The Morgan fingerprint density at radius 1 is 1.18 bits per heavy atom. The molecule has 1 aromatic heterocycles. The predicted octanol–water partition coefficient (Wildman–Crippen LogP) is 4.67. The van der Waals surface area contributed by atoms with Crippen molar-refractivity contribution in [2.45, 2.75) is 45.1 Å². The Hall–Kier alpha value is -2.40. The number of halogens is 1. The number of nitrogens with one attached hydrogen (secondary N) is 1. The van der Waals surface area contributed by atoms with Crippen LogP contribution >= 0.6 is 11.6 Å². The summed E-state index contributed by atoms with van der Waals surface area (Å²) in [6.45, 7) is 2.65. The first-order valence-electron chi connectivity index (χ1n) is 9.99. The van der Waals surface area contributed by atoms with Gasteiger partial charge in [-0.05, 0) is 67.9 Å². The summed E-state index contributed by atoms with van der Waals surface area (Å²) in [5.74, 6) is 1.21. The maximum Gasteiger partial charge on any atom is 0.223 e. The van der Waals surface area contributed by atoms with Crippen molar-refractivity contribution >= 4 is 28.7 Å². The molecule has 1 amide bonds. The fraction of sp³-hybridized carbons (Fsp3) is 0.409. The highest BCUT2D eigenvalue weighted by Crippen LogP contribution is 2.38. The fourth-order valence-electron chi connectivity index (χ4n) is 4.23. The summed E-state index contributed by atoms with van der Waals surface area (Å²) in [6, 6.07) is 8.28. The molecule has 0 radical (unpaired) electrons. The lowest BCUT2D eigenvalue weighted by Crippen LogP contribution is -2.29. The van der Waals surface area contributed by atoms with Crippen molar-refractivity contribution < 1.29 is 4.79 Å². The zero-order valence-corrected chi connectivity index (χ0v) is 16.8. The summed E-state index contributed by atoms with van der Waals surface area (Å²) in [6.07, 6.45) is 10.8. The van der Waals surface area contributed by atoms with Crippen LogP contribution in [0.15, 0.2) is 42.7 Å². The lowest BCUT2D eigenvalue weighted by Gasteiger charge is -2.19. The molecule has 1 heterocycles. The third-order valence-corrected chi connectivity index (χ3v) is 6.00. The number of carbonyl (C=O) groups excluding carboxylic acids is 1. The molecule has 0 spiro atoms. The van der Waals surface area contributed by atoms with Crippen LogP contribution in [0.2, 0.25) is 5.02 Å². The highest BCUT2D eigenvalue weighted by atomic mass is 35.5. The van der Waals surface area contributed by atoms with E-state index in [-0.39, 0.29) is 11.8 Å². The standard InChI is InChI=1S/C22H25ClN4O/c1-2-24-22(28)18-9-12-20(13-18)27-14-25-26-21(27)17-5-3-15(4-6-17)16-7-10-19(23)11-8-16/h3,5,7-8,10-11,14,18,20H,2,4,6,9,12-13H2,1H3,(H,24,28). The number of nitrogens with zero attached hydrogens (tertiary/aromatic N) is 3. The molecule has 1 saturated carbocycles. The second kappa shape index (κ2) is 8.31. The Balaban J connectivity index is 1.50. The van der Waals surface area contributed by atoms with Gasteiger partial charge in [0.1, 0.15) is 6.33 Å². The molecule has 2 aliphatic rings. The molecule has 1 N–H and O–H groups in total. The van der Waals surface area contributed by atoms with Crippen molar-refractivity contribution in [3.8, 4) is 0 Å². The Labute approximate surface area is 170 Å². The summed E-state index contributed by atoms with van der Waals surface area (Å²) in [5.41, 5.74) is 3.72. The number of amides is 1. The van der Waals surface area contributed by atoms with Crippen molar-refractivity contribution in [2.24, 2.45) is 5.92 Å². The Morgan fingerprint density at radius 2 is 1.93 bits per heavy atom. The molecule has 28 heavy (non-hydrogen) atoms. The van der Waals surface area contributed by atoms with Crippen molar-refractivity contribution in [1.29, 1.82) is 0 Å². The third-order valence-electron chi connectivity index (χ3n) is 5.74. The van der Waals surface area contributed by atoms with Gasteiger partial charge in [0.25, 0.3) is 0 Å². The molecular weight excluding hydrogens is 372 g/mol. The number of aromatic nitrogens is 3. The number of carbonyl (C=O) groups is 1. The maximum atomic E-state index is 12.2. The van der Waals surface area contributed by atoms with Gasteiger partial charge in [0.2, 0.25) is 5.91 Å². The van der Waals surface area contributed by atoms with Gasteiger partial charge in [0, 0.05) is 23.5 Å². The molecule has 2 atom stereocenters. The first-order valence-corrected chi connectivity index (χ1v) is 10.4. The van der Waals surface area contributed by atoms with Crippen LogP contribution in [0.25, 0.3) is 11.1 Å². The van der Waals surface area contributed by atoms with E-state index in [4.69, 9.17) is 11.6 Å². The highest BCUT2D eigenvalue weighted by molar-refractivity contribution is 6.30. The van der Waals surface area contributed by atoms with Crippen LogP contribution in [0.1, 0.15) is 56.5 Å². The highest BCUT2D eigenvalue weighted by Gasteiger charge is 2.32. The van der Waals surface area contributed by atoms with Crippen molar-refractivity contribution in [1.82, 2.24) is 20.1 Å². The maximum absolute atomic E-state index is 12.2. The van der Waals surface area contributed by atoms with E-state index in [1.807, 2.05) is 25.4 Å². The normalized spacial score (nSPS) is 21.9. The molecule has 2 unspecified atom stereocenters. The van der Waals surface area contributed by atoms with Crippen molar-refractivity contribution in [3.05, 3.63) is 59.2 Å². The summed E-state index contributed by atoms with van der Waals surface area (Å²) in [7, 11) is 0. The molecule has 1 fully saturated rings. The lowest BCUT2D eigenvalue weighted by atomic mass is 9.93. The average molecular weight is 397 g/mol. The average Bonchev–Trinajstić information content (AvgIpc) is 3.38. The number of allylic oxidation sites excluding steroid dienone is 4. The van der Waals surface area contributed by atoms with Gasteiger partial charge in [0.15, 0.2) is 5.82 Å². The van der Waals surface area contributed by atoms with E-state index in [1.165, 1.54) is 16.7 Å². The molecule has 2 aliphatic carbocycles. The molecule has 0 aliphatic heterocycles. The summed E-state index contributed by atoms with van der Waals surface area (Å²) >= 11 is 5.99. The molecular formula is C22H25ClN4O. The van der Waals surface area contributed by atoms with Gasteiger partial charge in [0.05, 0.1) is 0 Å². The number of rotatable bonds is 5. The van der Waals surface area contributed by atoms with Crippen molar-refractivity contribution in [2.75, 3.05) is 6.54 Å². The van der Waals surface area contributed by atoms with E-state index in [0.717, 1.165) is 43.0 Å². The van der Waals surface area contributed by atoms with Crippen LogP contribution in [0.5, 0.6) is 0 Å². The van der Waals surface area contributed by atoms with Gasteiger partial charge in [-0.2, -0.15) is 0 Å². The molecule has 146 valence electrons. The van der Waals surface area contributed by atoms with Gasteiger partial charge >= 0.3 is 0 Å². The van der Waals surface area contributed by atoms with Crippen molar-refractivity contribution in [3.63, 3.8) is 0 Å². The van der Waals surface area contributed by atoms with E-state index in [2.05, 4.69) is 44.4 Å². The second-order valence-corrected chi connectivity index (χ2v) is 7.95. The molecule has 0 saturated heterocycles. The van der Waals surface area contributed by atoms with Crippen LogP contribution in [0.4, 0.5) is 0 Å². The predicted molar refractivity (Wildman–Crippen MR) is 112 cm³/mol. The summed E-state index contributed by atoms with van der Waals surface area (Å²) < 4.78 is 2.17. The van der Waals surface area contributed by atoms with Gasteiger partial charge < -0.3 is 9.88 Å². The number of hydrogen-bond donors (Lipinski definition) is 1. The topological polar surface area (TPSA) is 59.8 Å². The quantitative estimate of drug-likeness (QED) is 0.798. The van der Waals surface area contributed by atoms with Gasteiger partial charge in [-0.3, -0.25) is 4.79 Å².